The second kappa shape index (κ2) is 5.65. The van der Waals surface area contributed by atoms with Gasteiger partial charge >= 0.3 is 0 Å². The van der Waals surface area contributed by atoms with Crippen LogP contribution < -0.4 is 4.74 Å². The van der Waals surface area contributed by atoms with E-state index in [0.717, 1.165) is 0 Å². The zero-order chi connectivity index (χ0) is 13.0. The van der Waals surface area contributed by atoms with E-state index in [1.165, 1.54) is 0 Å². The van der Waals surface area contributed by atoms with Crippen LogP contribution in [-0.2, 0) is 6.42 Å². The van der Waals surface area contributed by atoms with Crippen LogP contribution in [0.25, 0.3) is 0 Å². The van der Waals surface area contributed by atoms with Crippen LogP contribution in [0.15, 0.2) is 42.5 Å². The summed E-state index contributed by atoms with van der Waals surface area (Å²) >= 11 is 5.78. The van der Waals surface area contributed by atoms with Gasteiger partial charge in [-0.3, -0.25) is 4.79 Å². The number of halogens is 1. The molecule has 18 heavy (non-hydrogen) atoms. The van der Waals surface area contributed by atoms with E-state index < -0.39 is 0 Å². The van der Waals surface area contributed by atoms with E-state index in [0.29, 0.717) is 22.2 Å². The molecule has 0 spiro atoms. The predicted octanol–water partition coefficient (Wildman–Crippen LogP) is 3.17. The maximum atomic E-state index is 12.1. The van der Waals surface area contributed by atoms with E-state index in [-0.39, 0.29) is 12.2 Å². The first-order chi connectivity index (χ1) is 8.69. The smallest absolute Gasteiger partial charge is 0.168 e. The average molecular weight is 262 g/mol. The van der Waals surface area contributed by atoms with Crippen LogP contribution >= 0.6 is 11.6 Å². The molecule has 0 aliphatic heterocycles. The van der Waals surface area contributed by atoms with Crippen molar-refractivity contribution in [1.82, 2.24) is 4.98 Å². The molecule has 0 radical (unpaired) electrons. The van der Waals surface area contributed by atoms with Crippen molar-refractivity contribution in [2.45, 2.75) is 6.42 Å². The number of ketones is 1. The second-order valence-electron chi connectivity index (χ2n) is 3.78. The summed E-state index contributed by atoms with van der Waals surface area (Å²) in [7, 11) is 1.57. The van der Waals surface area contributed by atoms with Gasteiger partial charge in [0.2, 0.25) is 0 Å². The van der Waals surface area contributed by atoms with Gasteiger partial charge in [0, 0.05) is 11.3 Å². The Morgan fingerprint density at radius 3 is 2.78 bits per heavy atom. The molecule has 92 valence electrons. The Kier molecular flexibility index (Phi) is 3.95. The maximum absolute atomic E-state index is 12.1. The maximum Gasteiger partial charge on any atom is 0.168 e. The van der Waals surface area contributed by atoms with Gasteiger partial charge < -0.3 is 4.74 Å². The Labute approximate surface area is 110 Å². The molecule has 2 rings (SSSR count). The molecule has 0 aliphatic carbocycles. The predicted molar refractivity (Wildman–Crippen MR) is 70.3 cm³/mol. The zero-order valence-corrected chi connectivity index (χ0v) is 10.6. The Morgan fingerprint density at radius 2 is 2.06 bits per heavy atom. The van der Waals surface area contributed by atoms with Crippen molar-refractivity contribution in [3.05, 3.63) is 58.9 Å². The summed E-state index contributed by atoms with van der Waals surface area (Å²) in [5.74, 6) is 0.656. The Bertz CT molecular complexity index is 569. The highest BCUT2D eigenvalue weighted by molar-refractivity contribution is 6.29. The van der Waals surface area contributed by atoms with Crippen molar-refractivity contribution < 1.29 is 9.53 Å². The highest BCUT2D eigenvalue weighted by Gasteiger charge is 2.09. The summed E-state index contributed by atoms with van der Waals surface area (Å²) in [5.41, 5.74) is 1.27. The van der Waals surface area contributed by atoms with Crippen molar-refractivity contribution in [2.24, 2.45) is 0 Å². The molecule has 0 amide bonds. The lowest BCUT2D eigenvalue weighted by Crippen LogP contribution is -2.05. The minimum absolute atomic E-state index is 0.0105. The van der Waals surface area contributed by atoms with E-state index in [2.05, 4.69) is 4.98 Å². The summed E-state index contributed by atoms with van der Waals surface area (Å²) in [4.78, 5) is 16.1. The second-order valence-corrected chi connectivity index (χ2v) is 4.17. The van der Waals surface area contributed by atoms with Crippen LogP contribution in [-0.4, -0.2) is 17.9 Å². The molecule has 0 aliphatic rings. The SMILES string of the molecule is COc1cccc(C(=O)Cc2cccc(Cl)n2)c1. The van der Waals surface area contributed by atoms with Crippen LogP contribution in [0, 0.1) is 0 Å². The lowest BCUT2D eigenvalue weighted by molar-refractivity contribution is 0.0991. The molecule has 1 aromatic carbocycles. The topological polar surface area (TPSA) is 39.2 Å². The highest BCUT2D eigenvalue weighted by atomic mass is 35.5. The van der Waals surface area contributed by atoms with Gasteiger partial charge in [-0.1, -0.05) is 29.8 Å². The van der Waals surface area contributed by atoms with Crippen molar-refractivity contribution in [1.29, 1.82) is 0 Å². The van der Waals surface area contributed by atoms with Crippen molar-refractivity contribution in [3.63, 3.8) is 0 Å². The lowest BCUT2D eigenvalue weighted by Gasteiger charge is -2.04. The molecular weight excluding hydrogens is 250 g/mol. The van der Waals surface area contributed by atoms with Crippen LogP contribution in [0.5, 0.6) is 5.75 Å². The molecular formula is C14H12ClNO2. The number of Topliss-reactive ketones (excluding diaryl/α,β-unsaturated/α-hetero) is 1. The molecule has 0 N–H and O–H groups in total. The largest absolute Gasteiger partial charge is 0.497 e. The number of carbonyl (C=O) groups excluding carboxylic acids is 1. The van der Waals surface area contributed by atoms with Crippen LogP contribution in [0.1, 0.15) is 16.1 Å². The number of methoxy groups -OCH3 is 1. The first kappa shape index (κ1) is 12.6. The van der Waals surface area contributed by atoms with Crippen molar-refractivity contribution in [3.8, 4) is 5.75 Å². The van der Waals surface area contributed by atoms with Gasteiger partial charge in [0.25, 0.3) is 0 Å². The van der Waals surface area contributed by atoms with E-state index >= 15 is 0 Å². The fraction of sp³-hybridized carbons (Fsp3) is 0.143. The lowest BCUT2D eigenvalue weighted by atomic mass is 10.1. The van der Waals surface area contributed by atoms with Gasteiger partial charge in [-0.05, 0) is 24.3 Å². The van der Waals surface area contributed by atoms with Gasteiger partial charge in [0.1, 0.15) is 10.9 Å². The first-order valence-corrected chi connectivity index (χ1v) is 5.85. The summed E-state index contributed by atoms with van der Waals surface area (Å²) in [6.07, 6.45) is 0.230. The Morgan fingerprint density at radius 1 is 1.28 bits per heavy atom. The number of pyridine rings is 1. The van der Waals surface area contributed by atoms with E-state index in [4.69, 9.17) is 16.3 Å². The third-order valence-electron chi connectivity index (χ3n) is 2.51. The Hall–Kier alpha value is -1.87. The van der Waals surface area contributed by atoms with Gasteiger partial charge in [0.15, 0.2) is 5.78 Å². The molecule has 0 saturated carbocycles. The quantitative estimate of drug-likeness (QED) is 0.627. The highest BCUT2D eigenvalue weighted by Crippen LogP contribution is 2.15. The zero-order valence-electron chi connectivity index (χ0n) is 9.89. The third kappa shape index (κ3) is 3.08. The fourth-order valence-electron chi connectivity index (χ4n) is 1.61. The molecule has 4 heteroatoms. The van der Waals surface area contributed by atoms with Crippen LogP contribution in [0.4, 0.5) is 0 Å². The normalized spacial score (nSPS) is 10.1. The number of ether oxygens (including phenoxy) is 1. The molecule has 0 saturated heterocycles. The molecule has 1 heterocycles. The molecule has 0 fully saturated rings. The third-order valence-corrected chi connectivity index (χ3v) is 2.72. The van der Waals surface area contributed by atoms with Crippen molar-refractivity contribution >= 4 is 17.4 Å². The van der Waals surface area contributed by atoms with Gasteiger partial charge in [-0.15, -0.1) is 0 Å². The number of benzene rings is 1. The minimum atomic E-state index is -0.0105. The number of hydrogen-bond donors (Lipinski definition) is 0. The van der Waals surface area contributed by atoms with E-state index in [9.17, 15) is 4.79 Å². The number of carbonyl (C=O) groups is 1. The number of nitrogens with zero attached hydrogens (tertiary/aromatic N) is 1. The summed E-state index contributed by atoms with van der Waals surface area (Å²) in [6, 6.07) is 12.3. The van der Waals surface area contributed by atoms with Crippen LogP contribution in [0.3, 0.4) is 0 Å². The average Bonchev–Trinajstić information content (AvgIpc) is 2.39. The van der Waals surface area contributed by atoms with Crippen molar-refractivity contribution in [2.75, 3.05) is 7.11 Å². The minimum Gasteiger partial charge on any atom is -0.497 e. The summed E-state index contributed by atoms with van der Waals surface area (Å²) < 4.78 is 5.09. The Balaban J connectivity index is 2.16. The molecule has 0 atom stereocenters. The summed E-state index contributed by atoms with van der Waals surface area (Å²) in [6.45, 7) is 0. The van der Waals surface area contributed by atoms with E-state index in [1.54, 1.807) is 49.6 Å². The molecule has 0 unspecified atom stereocenters. The van der Waals surface area contributed by atoms with Gasteiger partial charge in [-0.2, -0.15) is 0 Å². The standard InChI is InChI=1S/C14H12ClNO2/c1-18-12-6-2-4-10(8-12)13(17)9-11-5-3-7-14(15)16-11/h2-8H,9H2,1H3. The van der Waals surface area contributed by atoms with E-state index in [1.807, 2.05) is 0 Å². The molecule has 1 aromatic heterocycles. The molecule has 0 bridgehead atoms. The number of hydrogen-bond acceptors (Lipinski definition) is 3. The fourth-order valence-corrected chi connectivity index (χ4v) is 1.79. The first-order valence-electron chi connectivity index (χ1n) is 5.48. The van der Waals surface area contributed by atoms with Gasteiger partial charge in [-0.25, -0.2) is 4.98 Å². The molecule has 3 nitrogen and oxygen atoms in total. The number of aromatic nitrogens is 1. The van der Waals surface area contributed by atoms with Gasteiger partial charge in [0.05, 0.1) is 13.5 Å². The number of rotatable bonds is 4. The van der Waals surface area contributed by atoms with Crippen LogP contribution in [0.2, 0.25) is 5.15 Å². The molecule has 2 aromatic rings. The summed E-state index contributed by atoms with van der Waals surface area (Å²) in [5, 5.41) is 0.394. The monoisotopic (exact) mass is 261 g/mol.